The van der Waals surface area contributed by atoms with E-state index in [0.717, 1.165) is 18.5 Å². The summed E-state index contributed by atoms with van der Waals surface area (Å²) in [5.74, 6) is -1.49. The molecule has 0 saturated carbocycles. The second-order valence-corrected chi connectivity index (χ2v) is 8.06. The van der Waals surface area contributed by atoms with Gasteiger partial charge in [0.1, 0.15) is 25.9 Å². The third-order valence-electron chi connectivity index (χ3n) is 4.60. The highest BCUT2D eigenvalue weighted by Gasteiger charge is 2.34. The van der Waals surface area contributed by atoms with Gasteiger partial charge in [-0.25, -0.2) is 9.18 Å². The molecule has 1 aromatic carbocycles. The summed E-state index contributed by atoms with van der Waals surface area (Å²) in [6, 6.07) is 8.36. The highest BCUT2D eigenvalue weighted by molar-refractivity contribution is 5.92. The zero-order chi connectivity index (χ0) is 28.1. The molecule has 1 saturated heterocycles. The van der Waals surface area contributed by atoms with E-state index in [1.54, 1.807) is 12.1 Å². The minimum absolute atomic E-state index is 0.0816. The average molecular weight is 525 g/mol. The number of nitrogens with one attached hydrogen (secondary N) is 2. The van der Waals surface area contributed by atoms with Crippen molar-refractivity contribution < 1.29 is 28.3 Å². The molecule has 1 aliphatic rings. The number of ether oxygens (including phenoxy) is 1. The number of benzene rings is 1. The van der Waals surface area contributed by atoms with E-state index in [9.17, 15) is 23.6 Å². The lowest BCUT2D eigenvalue weighted by atomic mass is 10.2. The Morgan fingerprint density at radius 1 is 1.08 bits per heavy atom. The SMILES string of the molecule is CCC.CCCN=C(N)N.O=C(CF)CNC(=O)C1CCCN1C(=O)CNC(=O)OCc1ccccc1. The topological polar surface area (TPSA) is 169 Å². The summed E-state index contributed by atoms with van der Waals surface area (Å²) < 4.78 is 17.2. The molecule has 2 rings (SSSR count). The van der Waals surface area contributed by atoms with E-state index in [4.69, 9.17) is 16.2 Å². The third kappa shape index (κ3) is 15.8. The summed E-state index contributed by atoms with van der Waals surface area (Å²) in [6.07, 6.45) is 2.58. The summed E-state index contributed by atoms with van der Waals surface area (Å²) in [4.78, 5) is 52.1. The molecule has 0 aliphatic carbocycles. The number of halogens is 1. The van der Waals surface area contributed by atoms with E-state index in [1.807, 2.05) is 25.1 Å². The maximum atomic E-state index is 12.3. The Bertz CT molecular complexity index is 849. The van der Waals surface area contributed by atoms with E-state index < -0.39 is 43.0 Å². The number of aliphatic imine (C=N–C) groups is 1. The minimum Gasteiger partial charge on any atom is -0.445 e. The smallest absolute Gasteiger partial charge is 0.407 e. The number of Topliss-reactive ketones (excluding diaryl/α,β-unsaturated/α-hetero) is 1. The van der Waals surface area contributed by atoms with Crippen molar-refractivity contribution in [1.82, 2.24) is 15.5 Å². The van der Waals surface area contributed by atoms with Gasteiger partial charge in [0.2, 0.25) is 11.8 Å². The summed E-state index contributed by atoms with van der Waals surface area (Å²) >= 11 is 0. The molecule has 11 nitrogen and oxygen atoms in total. The normalized spacial score (nSPS) is 13.6. The first-order valence-electron chi connectivity index (χ1n) is 12.3. The number of nitrogens with two attached hydrogens (primary N) is 2. The lowest BCUT2D eigenvalue weighted by molar-refractivity contribution is -0.138. The molecule has 1 heterocycles. The summed E-state index contributed by atoms with van der Waals surface area (Å²) in [6.45, 7) is 5.60. The molecule has 1 aliphatic heterocycles. The lowest BCUT2D eigenvalue weighted by Crippen LogP contribution is -2.49. The van der Waals surface area contributed by atoms with Gasteiger partial charge in [-0.2, -0.15) is 0 Å². The number of guanidine groups is 1. The van der Waals surface area contributed by atoms with Crippen molar-refractivity contribution >= 4 is 29.7 Å². The van der Waals surface area contributed by atoms with Crippen molar-refractivity contribution in [2.45, 2.75) is 59.1 Å². The first-order chi connectivity index (χ1) is 17.7. The number of carbonyl (C=O) groups excluding carboxylic acids is 4. The van der Waals surface area contributed by atoms with Crippen molar-refractivity contribution in [1.29, 1.82) is 0 Å². The van der Waals surface area contributed by atoms with Crippen LogP contribution in [-0.4, -0.2) is 73.4 Å². The maximum absolute atomic E-state index is 12.3. The highest BCUT2D eigenvalue weighted by Crippen LogP contribution is 2.17. The molecular formula is C25H41FN6O5. The van der Waals surface area contributed by atoms with Gasteiger partial charge in [0.05, 0.1) is 6.54 Å². The van der Waals surface area contributed by atoms with E-state index in [2.05, 4.69) is 29.5 Å². The first kappa shape index (κ1) is 33.3. The van der Waals surface area contributed by atoms with Crippen LogP contribution in [0.3, 0.4) is 0 Å². The van der Waals surface area contributed by atoms with Crippen molar-refractivity contribution in [3.63, 3.8) is 0 Å². The lowest BCUT2D eigenvalue weighted by Gasteiger charge is -2.23. The van der Waals surface area contributed by atoms with E-state index in [1.165, 1.54) is 11.3 Å². The number of nitrogens with zero attached hydrogens (tertiary/aromatic N) is 2. The Balaban J connectivity index is 0.00000110. The van der Waals surface area contributed by atoms with Crippen molar-refractivity contribution in [2.24, 2.45) is 16.5 Å². The second-order valence-electron chi connectivity index (χ2n) is 8.06. The molecule has 37 heavy (non-hydrogen) atoms. The van der Waals surface area contributed by atoms with Crippen LogP contribution in [0.2, 0.25) is 0 Å². The van der Waals surface area contributed by atoms with Gasteiger partial charge in [0.25, 0.3) is 0 Å². The van der Waals surface area contributed by atoms with Gasteiger partial charge >= 0.3 is 6.09 Å². The molecule has 1 aromatic rings. The zero-order valence-corrected chi connectivity index (χ0v) is 22.0. The standard InChI is InChI=1S/C18H22FN3O5.C4H11N3.C3H8/c19-9-14(23)10-20-17(25)15-7-4-8-22(15)16(24)11-21-18(26)27-12-13-5-2-1-3-6-13;1-2-3-7-4(5)6;1-3-2/h1-3,5-6,15H,4,7-12H2,(H,20,25)(H,21,26);2-3H2,1H3,(H4,5,6,7);3H2,1-2H3. The molecule has 1 fully saturated rings. The fourth-order valence-electron chi connectivity index (χ4n) is 2.95. The van der Waals surface area contributed by atoms with Gasteiger partial charge in [0.15, 0.2) is 11.7 Å². The first-order valence-corrected chi connectivity index (χ1v) is 12.3. The van der Waals surface area contributed by atoms with Crippen molar-refractivity contribution in [2.75, 3.05) is 32.9 Å². The van der Waals surface area contributed by atoms with E-state index >= 15 is 0 Å². The van der Waals surface area contributed by atoms with Crippen LogP contribution in [0.25, 0.3) is 0 Å². The molecule has 0 aromatic heterocycles. The van der Waals surface area contributed by atoms with Crippen LogP contribution < -0.4 is 22.1 Å². The molecule has 0 spiro atoms. The van der Waals surface area contributed by atoms with Crippen LogP contribution in [0.1, 0.15) is 52.0 Å². The molecule has 0 bridgehead atoms. The number of carbonyl (C=O) groups is 4. The molecule has 1 unspecified atom stereocenters. The van der Waals surface area contributed by atoms with Gasteiger partial charge in [-0.3, -0.25) is 19.4 Å². The maximum Gasteiger partial charge on any atom is 0.407 e. The molecule has 0 radical (unpaired) electrons. The number of hydrogen-bond donors (Lipinski definition) is 4. The minimum atomic E-state index is -1.15. The second kappa shape index (κ2) is 20.5. The van der Waals surface area contributed by atoms with Gasteiger partial charge in [0, 0.05) is 13.1 Å². The molecular weight excluding hydrogens is 483 g/mol. The predicted molar refractivity (Wildman–Crippen MR) is 140 cm³/mol. The van der Waals surface area contributed by atoms with Gasteiger partial charge in [-0.05, 0) is 24.8 Å². The Hall–Kier alpha value is -3.70. The van der Waals surface area contributed by atoms with E-state index in [-0.39, 0.29) is 19.1 Å². The largest absolute Gasteiger partial charge is 0.445 e. The Morgan fingerprint density at radius 3 is 2.27 bits per heavy atom. The number of hydrogen-bond acceptors (Lipinski definition) is 6. The average Bonchev–Trinajstić information content (AvgIpc) is 3.39. The summed E-state index contributed by atoms with van der Waals surface area (Å²) in [5, 5.41) is 4.69. The number of ketones is 1. The highest BCUT2D eigenvalue weighted by atomic mass is 19.1. The molecule has 1 atom stereocenters. The van der Waals surface area contributed by atoms with Crippen LogP contribution >= 0.6 is 0 Å². The quantitative estimate of drug-likeness (QED) is 0.266. The van der Waals surface area contributed by atoms with Crippen molar-refractivity contribution in [3.05, 3.63) is 35.9 Å². The molecule has 6 N–H and O–H groups in total. The third-order valence-corrected chi connectivity index (χ3v) is 4.60. The van der Waals surface area contributed by atoms with Crippen LogP contribution in [0.5, 0.6) is 0 Å². The fraction of sp³-hybridized carbons (Fsp3) is 0.560. The number of rotatable bonds is 10. The van der Waals surface area contributed by atoms with Gasteiger partial charge in [-0.15, -0.1) is 0 Å². The Morgan fingerprint density at radius 2 is 1.73 bits per heavy atom. The summed E-state index contributed by atoms with van der Waals surface area (Å²) in [7, 11) is 0. The fourth-order valence-corrected chi connectivity index (χ4v) is 2.95. The monoisotopic (exact) mass is 524 g/mol. The van der Waals surface area contributed by atoms with E-state index in [0.29, 0.717) is 19.4 Å². The van der Waals surface area contributed by atoms with Crippen LogP contribution in [-0.2, 0) is 25.7 Å². The van der Waals surface area contributed by atoms with Crippen LogP contribution in [0.15, 0.2) is 35.3 Å². The molecule has 12 heteroatoms. The van der Waals surface area contributed by atoms with Crippen LogP contribution in [0.4, 0.5) is 9.18 Å². The number of alkyl carbamates (subject to hydrolysis) is 1. The van der Waals surface area contributed by atoms with Crippen LogP contribution in [0, 0.1) is 0 Å². The van der Waals surface area contributed by atoms with Crippen molar-refractivity contribution in [3.8, 4) is 0 Å². The molecule has 3 amide bonds. The number of likely N-dealkylation sites (tertiary alicyclic amines) is 1. The summed E-state index contributed by atoms with van der Waals surface area (Å²) in [5.41, 5.74) is 10.8. The van der Waals surface area contributed by atoms with Gasteiger partial charge in [-0.1, -0.05) is 57.5 Å². The number of amides is 3. The Labute approximate surface area is 218 Å². The zero-order valence-electron chi connectivity index (χ0n) is 22.0. The Kier molecular flexibility index (Phi) is 18.4. The number of alkyl halides is 1. The predicted octanol–water partition coefficient (Wildman–Crippen LogP) is 1.64. The molecule has 208 valence electrons. The van der Waals surface area contributed by atoms with Gasteiger partial charge < -0.3 is 31.7 Å².